The van der Waals surface area contributed by atoms with E-state index in [4.69, 9.17) is 23.8 Å². The van der Waals surface area contributed by atoms with E-state index < -0.39 is 0 Å². The fourth-order valence-electron chi connectivity index (χ4n) is 1.66. The third-order valence-electron chi connectivity index (χ3n) is 2.42. The second-order valence-corrected chi connectivity index (χ2v) is 4.25. The summed E-state index contributed by atoms with van der Waals surface area (Å²) in [6.45, 7) is 2.06. The Balaban J connectivity index is 2.64. The third-order valence-corrected chi connectivity index (χ3v) is 3.00. The first-order valence-electron chi connectivity index (χ1n) is 5.05. The maximum absolute atomic E-state index is 5.97. The molecular formula is C12H11ClN2S. The van der Waals surface area contributed by atoms with Gasteiger partial charge < -0.3 is 4.98 Å². The number of hydrogen-bond donors (Lipinski definition) is 1. The van der Waals surface area contributed by atoms with Crippen LogP contribution in [-0.4, -0.2) is 9.97 Å². The van der Waals surface area contributed by atoms with Crippen LogP contribution in [0.1, 0.15) is 12.5 Å². The third kappa shape index (κ3) is 2.15. The Morgan fingerprint density at radius 1 is 1.44 bits per heavy atom. The Kier molecular flexibility index (Phi) is 3.36. The lowest BCUT2D eigenvalue weighted by molar-refractivity contribution is 1.04. The fraction of sp³-hybridized carbons (Fsp3) is 0.167. The molecule has 2 nitrogen and oxygen atoms in total. The van der Waals surface area contributed by atoms with Crippen LogP contribution in [0.3, 0.4) is 0 Å². The average Bonchev–Trinajstić information content (AvgIpc) is 2.28. The monoisotopic (exact) mass is 250 g/mol. The average molecular weight is 251 g/mol. The van der Waals surface area contributed by atoms with Gasteiger partial charge in [-0.2, -0.15) is 0 Å². The van der Waals surface area contributed by atoms with Crippen LogP contribution < -0.4 is 0 Å². The number of H-pyrrole nitrogens is 1. The van der Waals surface area contributed by atoms with Crippen molar-refractivity contribution in [2.45, 2.75) is 13.3 Å². The van der Waals surface area contributed by atoms with Crippen molar-refractivity contribution < 1.29 is 0 Å². The molecule has 1 heterocycles. The molecule has 0 radical (unpaired) electrons. The van der Waals surface area contributed by atoms with Crippen LogP contribution in [0.4, 0.5) is 0 Å². The van der Waals surface area contributed by atoms with Gasteiger partial charge in [-0.15, -0.1) is 0 Å². The molecule has 0 saturated carbocycles. The fourth-order valence-corrected chi connectivity index (χ4v) is 2.15. The molecule has 1 N–H and O–H groups in total. The van der Waals surface area contributed by atoms with Gasteiger partial charge in [0, 0.05) is 10.6 Å². The van der Waals surface area contributed by atoms with Crippen molar-refractivity contribution in [3.8, 4) is 11.3 Å². The molecule has 1 aromatic carbocycles. The number of hydrogen-bond acceptors (Lipinski definition) is 2. The highest BCUT2D eigenvalue weighted by atomic mass is 35.5. The summed E-state index contributed by atoms with van der Waals surface area (Å²) in [5.41, 5.74) is 3.10. The molecule has 82 valence electrons. The predicted octanol–water partition coefficient (Wildman–Crippen LogP) is 4.02. The van der Waals surface area contributed by atoms with Crippen LogP contribution in [0.15, 0.2) is 30.6 Å². The molecule has 0 fully saturated rings. The molecule has 0 bridgehead atoms. The van der Waals surface area contributed by atoms with E-state index in [9.17, 15) is 0 Å². The minimum absolute atomic E-state index is 0.649. The van der Waals surface area contributed by atoms with Gasteiger partial charge in [-0.1, -0.05) is 42.9 Å². The number of nitrogens with zero attached hydrogens (tertiary/aromatic N) is 1. The summed E-state index contributed by atoms with van der Waals surface area (Å²) in [4.78, 5) is 7.22. The van der Waals surface area contributed by atoms with E-state index in [1.54, 1.807) is 6.33 Å². The number of aromatic nitrogens is 2. The quantitative estimate of drug-likeness (QED) is 0.816. The zero-order valence-electron chi connectivity index (χ0n) is 8.83. The zero-order chi connectivity index (χ0) is 11.5. The van der Waals surface area contributed by atoms with Gasteiger partial charge in [0.25, 0.3) is 0 Å². The molecule has 4 heteroatoms. The molecule has 16 heavy (non-hydrogen) atoms. The standard InChI is InChI=1S/C12H11ClN2S/c1-2-10-11(14-7-15-12(10)16)8-4-3-5-9(13)6-8/h3-7H,2H2,1H3,(H,14,15,16). The van der Waals surface area contributed by atoms with Gasteiger partial charge in [0.2, 0.25) is 0 Å². The lowest BCUT2D eigenvalue weighted by Crippen LogP contribution is -1.95. The van der Waals surface area contributed by atoms with Crippen molar-refractivity contribution in [2.24, 2.45) is 0 Å². The minimum atomic E-state index is 0.649. The molecule has 0 spiro atoms. The van der Waals surface area contributed by atoms with Gasteiger partial charge in [0.1, 0.15) is 4.64 Å². The molecule has 0 aliphatic rings. The van der Waals surface area contributed by atoms with Crippen molar-refractivity contribution in [1.82, 2.24) is 9.97 Å². The molecule has 2 aromatic rings. The first kappa shape index (κ1) is 11.3. The molecule has 0 unspecified atom stereocenters. The zero-order valence-corrected chi connectivity index (χ0v) is 10.4. The molecule has 0 amide bonds. The lowest BCUT2D eigenvalue weighted by Gasteiger charge is -2.07. The van der Waals surface area contributed by atoms with Gasteiger partial charge in [0.15, 0.2) is 0 Å². The second kappa shape index (κ2) is 4.76. The Morgan fingerprint density at radius 2 is 2.25 bits per heavy atom. The summed E-state index contributed by atoms with van der Waals surface area (Å²) in [7, 11) is 0. The summed E-state index contributed by atoms with van der Waals surface area (Å²) in [5, 5.41) is 0.718. The Bertz CT molecular complexity index is 563. The molecule has 0 saturated heterocycles. The number of halogens is 1. The van der Waals surface area contributed by atoms with E-state index in [-0.39, 0.29) is 0 Å². The minimum Gasteiger partial charge on any atom is -0.346 e. The highest BCUT2D eigenvalue weighted by Gasteiger charge is 2.06. The summed E-state index contributed by atoms with van der Waals surface area (Å²) in [5.74, 6) is 0. The smallest absolute Gasteiger partial charge is 0.133 e. The van der Waals surface area contributed by atoms with Crippen LogP contribution >= 0.6 is 23.8 Å². The van der Waals surface area contributed by atoms with E-state index >= 15 is 0 Å². The molecule has 0 aliphatic heterocycles. The van der Waals surface area contributed by atoms with Crippen LogP contribution in [0, 0.1) is 4.64 Å². The maximum atomic E-state index is 5.97. The van der Waals surface area contributed by atoms with E-state index in [0.29, 0.717) is 4.64 Å². The summed E-state index contributed by atoms with van der Waals surface area (Å²) in [6, 6.07) is 7.70. The van der Waals surface area contributed by atoms with Gasteiger partial charge >= 0.3 is 0 Å². The van der Waals surface area contributed by atoms with Crippen molar-refractivity contribution in [2.75, 3.05) is 0 Å². The van der Waals surface area contributed by atoms with Gasteiger partial charge in [-0.05, 0) is 24.1 Å². The van der Waals surface area contributed by atoms with Crippen LogP contribution in [0.25, 0.3) is 11.3 Å². The molecule has 1 aromatic heterocycles. The Labute approximate surface area is 104 Å². The number of rotatable bonds is 2. The predicted molar refractivity (Wildman–Crippen MR) is 69.2 cm³/mol. The van der Waals surface area contributed by atoms with E-state index in [1.165, 1.54) is 0 Å². The van der Waals surface area contributed by atoms with E-state index in [1.807, 2.05) is 24.3 Å². The molecule has 2 rings (SSSR count). The van der Waals surface area contributed by atoms with Crippen molar-refractivity contribution in [3.05, 3.63) is 45.8 Å². The number of aromatic amines is 1. The van der Waals surface area contributed by atoms with Crippen LogP contribution in [0.2, 0.25) is 5.02 Å². The lowest BCUT2D eigenvalue weighted by atomic mass is 10.1. The second-order valence-electron chi connectivity index (χ2n) is 3.43. The van der Waals surface area contributed by atoms with Gasteiger partial charge in [0.05, 0.1) is 12.0 Å². The number of nitrogens with one attached hydrogen (secondary N) is 1. The largest absolute Gasteiger partial charge is 0.346 e. The maximum Gasteiger partial charge on any atom is 0.133 e. The summed E-state index contributed by atoms with van der Waals surface area (Å²) < 4.78 is 0.649. The molecular weight excluding hydrogens is 240 g/mol. The first-order valence-corrected chi connectivity index (χ1v) is 5.83. The highest BCUT2D eigenvalue weighted by Crippen LogP contribution is 2.24. The first-order chi connectivity index (χ1) is 7.72. The normalized spacial score (nSPS) is 10.4. The SMILES string of the molecule is CCc1c(-c2cccc(Cl)c2)[nH]cnc1=S. The van der Waals surface area contributed by atoms with Crippen molar-refractivity contribution >= 4 is 23.8 Å². The molecule has 0 atom stereocenters. The Hall–Kier alpha value is -1.19. The highest BCUT2D eigenvalue weighted by molar-refractivity contribution is 7.71. The number of benzene rings is 1. The summed E-state index contributed by atoms with van der Waals surface area (Å²) in [6.07, 6.45) is 2.47. The summed E-state index contributed by atoms with van der Waals surface area (Å²) >= 11 is 11.2. The Morgan fingerprint density at radius 3 is 2.94 bits per heavy atom. The van der Waals surface area contributed by atoms with Gasteiger partial charge in [-0.3, -0.25) is 0 Å². The van der Waals surface area contributed by atoms with E-state index in [0.717, 1.165) is 28.3 Å². The van der Waals surface area contributed by atoms with Gasteiger partial charge in [-0.25, -0.2) is 4.98 Å². The van der Waals surface area contributed by atoms with Crippen molar-refractivity contribution in [1.29, 1.82) is 0 Å². The van der Waals surface area contributed by atoms with E-state index in [2.05, 4.69) is 16.9 Å². The molecule has 0 aliphatic carbocycles. The van der Waals surface area contributed by atoms with Crippen molar-refractivity contribution in [3.63, 3.8) is 0 Å². The topological polar surface area (TPSA) is 28.7 Å². The van der Waals surface area contributed by atoms with Crippen LogP contribution in [-0.2, 0) is 6.42 Å². The van der Waals surface area contributed by atoms with Crippen LogP contribution in [0.5, 0.6) is 0 Å².